The van der Waals surface area contributed by atoms with Gasteiger partial charge in [-0.25, -0.2) is 9.97 Å². The van der Waals surface area contributed by atoms with Gasteiger partial charge in [0.05, 0.1) is 11.4 Å². The third kappa shape index (κ3) is 5.18. The molecule has 0 N–H and O–H groups in total. The Hall–Kier alpha value is -7.05. The largest absolute Gasteiger partial charge is 0.456 e. The van der Waals surface area contributed by atoms with Crippen LogP contribution in [0.25, 0.3) is 78.1 Å². The lowest BCUT2D eigenvalue weighted by atomic mass is 9.94. The van der Waals surface area contributed by atoms with Gasteiger partial charge in [0.1, 0.15) is 11.2 Å². The van der Waals surface area contributed by atoms with Crippen LogP contribution < -0.4 is 9.47 Å². The number of hydrogen-bond acceptors (Lipinski definition) is 6. The van der Waals surface area contributed by atoms with E-state index in [9.17, 15) is 0 Å². The van der Waals surface area contributed by atoms with E-state index in [0.717, 1.165) is 72.3 Å². The number of hydrogen-bond donors (Lipinski definition) is 0. The molecule has 6 aromatic carbocycles. The summed E-state index contributed by atoms with van der Waals surface area (Å²) in [4.78, 5) is 14.8. The fourth-order valence-corrected chi connectivity index (χ4v) is 6.79. The predicted octanol–water partition coefficient (Wildman–Crippen LogP) is 12.0. The Morgan fingerprint density at radius 1 is 0.412 bits per heavy atom. The summed E-state index contributed by atoms with van der Waals surface area (Å²) in [5.41, 5.74) is 10.1. The summed E-state index contributed by atoms with van der Waals surface area (Å²) in [5.74, 6) is 3.37. The quantitative estimate of drug-likeness (QED) is 0.183. The molecule has 0 aliphatic carbocycles. The first kappa shape index (κ1) is 28.9. The highest BCUT2D eigenvalue weighted by atomic mass is 16.6. The normalized spacial score (nSPS) is 11.8. The topological polar surface area (TPSA) is 70.3 Å². The van der Waals surface area contributed by atoms with Gasteiger partial charge >= 0.3 is 0 Å². The van der Waals surface area contributed by atoms with Crippen molar-refractivity contribution >= 4 is 21.9 Å². The van der Waals surface area contributed by atoms with Crippen LogP contribution in [0.3, 0.4) is 0 Å². The Balaban J connectivity index is 1.18. The van der Waals surface area contributed by atoms with Crippen LogP contribution in [0.1, 0.15) is 0 Å². The maximum absolute atomic E-state index is 6.29. The SMILES string of the molecule is c1ccc(-c2nc(-c3cc(-c4cccnc4)cc(-c4ccc5c(c4)Oc4ccccc4O5)c3)cc(-c3cccc4oc5ccccc5c34)n2)cc1. The fraction of sp³-hybridized carbons (Fsp3) is 0. The van der Waals surface area contributed by atoms with Crippen LogP contribution >= 0.6 is 0 Å². The average Bonchev–Trinajstić information content (AvgIpc) is 3.59. The number of ether oxygens (including phenoxy) is 2. The first-order chi connectivity index (χ1) is 25.2. The molecule has 240 valence electrons. The van der Waals surface area contributed by atoms with Gasteiger partial charge in [-0.15, -0.1) is 0 Å². The van der Waals surface area contributed by atoms with Crippen molar-refractivity contribution < 1.29 is 13.9 Å². The number of para-hydroxylation sites is 3. The second-order valence-corrected chi connectivity index (χ2v) is 12.5. The van der Waals surface area contributed by atoms with Crippen molar-refractivity contribution in [2.75, 3.05) is 0 Å². The molecule has 0 radical (unpaired) electrons. The molecule has 0 fully saturated rings. The molecule has 1 aliphatic rings. The van der Waals surface area contributed by atoms with E-state index >= 15 is 0 Å². The third-order valence-electron chi connectivity index (χ3n) is 9.23. The minimum atomic E-state index is 0.638. The van der Waals surface area contributed by atoms with Crippen molar-refractivity contribution in [3.8, 4) is 79.2 Å². The van der Waals surface area contributed by atoms with Crippen molar-refractivity contribution in [1.82, 2.24) is 15.0 Å². The molecule has 6 nitrogen and oxygen atoms in total. The fourth-order valence-electron chi connectivity index (χ4n) is 6.79. The summed E-state index contributed by atoms with van der Waals surface area (Å²) in [5, 5.41) is 2.08. The van der Waals surface area contributed by atoms with Crippen LogP contribution in [0.4, 0.5) is 0 Å². The Kier molecular flexibility index (Phi) is 6.70. The van der Waals surface area contributed by atoms with Crippen LogP contribution in [-0.2, 0) is 0 Å². The number of furan rings is 1. The molecule has 0 saturated carbocycles. The predicted molar refractivity (Wildman–Crippen MR) is 201 cm³/mol. The molecular weight excluding hydrogens is 631 g/mol. The van der Waals surface area contributed by atoms with Gasteiger partial charge in [0.2, 0.25) is 0 Å². The van der Waals surface area contributed by atoms with E-state index in [2.05, 4.69) is 53.5 Å². The van der Waals surface area contributed by atoms with E-state index in [1.54, 1.807) is 6.20 Å². The molecule has 0 saturated heterocycles. The summed E-state index contributed by atoms with van der Waals surface area (Å²) in [6.07, 6.45) is 3.67. The first-order valence-electron chi connectivity index (χ1n) is 16.7. The summed E-state index contributed by atoms with van der Waals surface area (Å²) in [7, 11) is 0. The number of pyridine rings is 1. The van der Waals surface area contributed by atoms with E-state index in [4.69, 9.17) is 23.9 Å². The minimum absolute atomic E-state index is 0.638. The van der Waals surface area contributed by atoms with E-state index < -0.39 is 0 Å². The van der Waals surface area contributed by atoms with Crippen molar-refractivity contribution in [3.63, 3.8) is 0 Å². The van der Waals surface area contributed by atoms with E-state index in [1.807, 2.05) is 109 Å². The lowest BCUT2D eigenvalue weighted by molar-refractivity contribution is 0.360. The molecule has 10 rings (SSSR count). The standard InChI is InChI=1S/C45H27N3O3/c1-2-10-28(11-3-1)45-47-36(26-37(48-45)34-14-8-18-42-44(34)35-13-4-5-15-38(35)49-42)33-23-31(22-32(24-33)30-12-9-21-46-27-30)29-19-20-41-43(25-29)51-40-17-7-6-16-39(40)50-41/h1-27H. The van der Waals surface area contributed by atoms with Gasteiger partial charge in [-0.3, -0.25) is 4.98 Å². The number of rotatable bonds is 5. The molecule has 0 amide bonds. The number of benzene rings is 6. The van der Waals surface area contributed by atoms with Gasteiger partial charge in [0.15, 0.2) is 28.8 Å². The summed E-state index contributed by atoms with van der Waals surface area (Å²) in [6.45, 7) is 0. The lowest BCUT2D eigenvalue weighted by Gasteiger charge is -2.21. The molecule has 9 aromatic rings. The maximum Gasteiger partial charge on any atom is 0.170 e. The van der Waals surface area contributed by atoms with Crippen LogP contribution in [0.15, 0.2) is 168 Å². The average molecular weight is 658 g/mol. The zero-order valence-corrected chi connectivity index (χ0v) is 27.2. The van der Waals surface area contributed by atoms with Crippen LogP contribution in [0, 0.1) is 0 Å². The third-order valence-corrected chi connectivity index (χ3v) is 9.23. The molecule has 0 bridgehead atoms. The highest BCUT2D eigenvalue weighted by Crippen LogP contribution is 2.47. The minimum Gasteiger partial charge on any atom is -0.456 e. The monoisotopic (exact) mass is 657 g/mol. The first-order valence-corrected chi connectivity index (χ1v) is 16.7. The van der Waals surface area contributed by atoms with Crippen molar-refractivity contribution in [1.29, 1.82) is 0 Å². The van der Waals surface area contributed by atoms with Crippen LogP contribution in [-0.4, -0.2) is 15.0 Å². The number of aromatic nitrogens is 3. The molecule has 0 spiro atoms. The Morgan fingerprint density at radius 3 is 1.94 bits per heavy atom. The molecule has 0 atom stereocenters. The second-order valence-electron chi connectivity index (χ2n) is 12.5. The zero-order valence-electron chi connectivity index (χ0n) is 27.2. The van der Waals surface area contributed by atoms with Crippen molar-refractivity contribution in [2.45, 2.75) is 0 Å². The molecular formula is C45H27N3O3. The highest BCUT2D eigenvalue weighted by Gasteiger charge is 2.21. The van der Waals surface area contributed by atoms with E-state index in [1.165, 1.54) is 0 Å². The highest BCUT2D eigenvalue weighted by molar-refractivity contribution is 6.12. The molecule has 4 heterocycles. The Bertz CT molecular complexity index is 2760. The summed E-state index contributed by atoms with van der Waals surface area (Å²) < 4.78 is 18.7. The van der Waals surface area contributed by atoms with Gasteiger partial charge in [-0.2, -0.15) is 0 Å². The molecule has 3 aromatic heterocycles. The van der Waals surface area contributed by atoms with Gasteiger partial charge in [-0.1, -0.05) is 84.9 Å². The lowest BCUT2D eigenvalue weighted by Crippen LogP contribution is -1.99. The van der Waals surface area contributed by atoms with Gasteiger partial charge < -0.3 is 13.9 Å². The molecule has 0 unspecified atom stereocenters. The maximum atomic E-state index is 6.29. The summed E-state index contributed by atoms with van der Waals surface area (Å²) in [6, 6.07) is 50.8. The van der Waals surface area contributed by atoms with Gasteiger partial charge in [0, 0.05) is 45.4 Å². The number of nitrogens with zero attached hydrogens (tertiary/aromatic N) is 3. The Labute approximate surface area is 293 Å². The number of fused-ring (bicyclic) bond motifs is 5. The Morgan fingerprint density at radius 2 is 1.10 bits per heavy atom. The smallest absolute Gasteiger partial charge is 0.170 e. The zero-order chi connectivity index (χ0) is 33.7. The molecule has 6 heteroatoms. The van der Waals surface area contributed by atoms with E-state index in [0.29, 0.717) is 28.8 Å². The van der Waals surface area contributed by atoms with Crippen LogP contribution in [0.5, 0.6) is 23.0 Å². The second kappa shape index (κ2) is 11.8. The van der Waals surface area contributed by atoms with Gasteiger partial charge in [-0.05, 0) is 83.4 Å². The van der Waals surface area contributed by atoms with Crippen LogP contribution in [0.2, 0.25) is 0 Å². The molecule has 51 heavy (non-hydrogen) atoms. The van der Waals surface area contributed by atoms with Crippen molar-refractivity contribution in [3.05, 3.63) is 164 Å². The summed E-state index contributed by atoms with van der Waals surface area (Å²) >= 11 is 0. The van der Waals surface area contributed by atoms with Crippen molar-refractivity contribution in [2.24, 2.45) is 0 Å². The van der Waals surface area contributed by atoms with E-state index in [-0.39, 0.29) is 0 Å². The van der Waals surface area contributed by atoms with Gasteiger partial charge in [0.25, 0.3) is 0 Å². The molecule has 1 aliphatic heterocycles.